The Kier molecular flexibility index (Phi) is 7.95. The van der Waals surface area contributed by atoms with Crippen molar-refractivity contribution in [2.24, 2.45) is 0 Å². The molecule has 0 saturated carbocycles. The molecule has 0 radical (unpaired) electrons. The molecule has 3 amide bonds. The molecule has 180 valence electrons. The van der Waals surface area contributed by atoms with Gasteiger partial charge in [-0.25, -0.2) is 4.79 Å². The number of pyridine rings is 1. The number of amides is 3. The Morgan fingerprint density at radius 1 is 1.23 bits per heavy atom. The third-order valence-electron chi connectivity index (χ3n) is 5.90. The van der Waals surface area contributed by atoms with Crippen LogP contribution in [0, 0.1) is 11.3 Å². The summed E-state index contributed by atoms with van der Waals surface area (Å²) in [5, 5.41) is 16.2. The number of methoxy groups -OCH3 is 1. The summed E-state index contributed by atoms with van der Waals surface area (Å²) in [6.45, 7) is 1.48. The Hall–Kier alpha value is -3.90. The van der Waals surface area contributed by atoms with Gasteiger partial charge in [0.25, 0.3) is 0 Å². The molecule has 3 heterocycles. The van der Waals surface area contributed by atoms with Crippen LogP contribution in [0.5, 0.6) is 5.75 Å². The molecule has 0 bridgehead atoms. The molecule has 0 fully saturated rings. The van der Waals surface area contributed by atoms with Gasteiger partial charge in [0.2, 0.25) is 5.91 Å². The van der Waals surface area contributed by atoms with Crippen molar-refractivity contribution >= 4 is 28.3 Å². The van der Waals surface area contributed by atoms with Gasteiger partial charge in [-0.05, 0) is 54.2 Å². The Balaban J connectivity index is 1.33. The number of nitrogens with zero attached hydrogens (tertiary/aromatic N) is 3. The first-order chi connectivity index (χ1) is 17.1. The van der Waals surface area contributed by atoms with Gasteiger partial charge in [0.1, 0.15) is 16.8 Å². The van der Waals surface area contributed by atoms with Gasteiger partial charge in [0.05, 0.1) is 19.2 Å². The summed E-state index contributed by atoms with van der Waals surface area (Å²) in [5.41, 5.74) is 3.52. The van der Waals surface area contributed by atoms with Crippen LogP contribution in [0.3, 0.4) is 0 Å². The van der Waals surface area contributed by atoms with Crippen molar-refractivity contribution < 1.29 is 14.3 Å². The molecule has 9 heteroatoms. The second kappa shape index (κ2) is 11.5. The van der Waals surface area contributed by atoms with Crippen LogP contribution in [0.25, 0.3) is 0 Å². The molecule has 0 spiro atoms. The maximum Gasteiger partial charge on any atom is 0.317 e. The highest BCUT2D eigenvalue weighted by Crippen LogP contribution is 2.36. The number of hydrogen-bond donors (Lipinski definition) is 2. The minimum absolute atomic E-state index is 0.129. The van der Waals surface area contributed by atoms with Gasteiger partial charge < -0.3 is 20.3 Å². The van der Waals surface area contributed by atoms with Gasteiger partial charge >= 0.3 is 6.03 Å². The first kappa shape index (κ1) is 24.2. The van der Waals surface area contributed by atoms with Crippen molar-refractivity contribution in [2.75, 3.05) is 25.5 Å². The molecule has 1 aliphatic rings. The van der Waals surface area contributed by atoms with Crippen molar-refractivity contribution in [3.05, 3.63) is 75.9 Å². The first-order valence-corrected chi connectivity index (χ1v) is 12.3. The van der Waals surface area contributed by atoms with Crippen molar-refractivity contribution in [1.82, 2.24) is 15.2 Å². The molecule has 3 aromatic rings. The molecule has 1 aromatic carbocycles. The fourth-order valence-corrected chi connectivity index (χ4v) is 5.26. The second-order valence-corrected chi connectivity index (χ2v) is 9.34. The Labute approximate surface area is 208 Å². The number of ether oxygens (including phenoxy) is 1. The highest BCUT2D eigenvalue weighted by atomic mass is 32.1. The van der Waals surface area contributed by atoms with E-state index in [-0.39, 0.29) is 11.9 Å². The summed E-state index contributed by atoms with van der Waals surface area (Å²) in [5.74, 6) is 0.610. The van der Waals surface area contributed by atoms with E-state index in [4.69, 9.17) is 4.74 Å². The zero-order valence-electron chi connectivity index (χ0n) is 19.5. The summed E-state index contributed by atoms with van der Waals surface area (Å²) in [4.78, 5) is 32.0. The number of benzene rings is 1. The number of thiophene rings is 1. The second-order valence-electron chi connectivity index (χ2n) is 8.23. The van der Waals surface area contributed by atoms with Gasteiger partial charge in [0.15, 0.2) is 0 Å². The highest BCUT2D eigenvalue weighted by Gasteiger charge is 2.27. The van der Waals surface area contributed by atoms with Gasteiger partial charge in [-0.15, -0.1) is 11.3 Å². The van der Waals surface area contributed by atoms with Gasteiger partial charge in [0, 0.05) is 36.8 Å². The number of hydrogen-bond acceptors (Lipinski definition) is 6. The van der Waals surface area contributed by atoms with E-state index in [0.29, 0.717) is 55.9 Å². The van der Waals surface area contributed by atoms with Crippen LogP contribution in [0.1, 0.15) is 33.6 Å². The number of carbonyl (C=O) groups excluding carboxylic acids is 2. The maximum atomic E-state index is 12.7. The zero-order chi connectivity index (χ0) is 24.6. The van der Waals surface area contributed by atoms with Gasteiger partial charge in [-0.2, -0.15) is 5.26 Å². The first-order valence-electron chi connectivity index (χ1n) is 11.5. The third-order valence-corrected chi connectivity index (χ3v) is 7.03. The van der Waals surface area contributed by atoms with Crippen LogP contribution >= 0.6 is 11.3 Å². The SMILES string of the molecule is COc1cccc(CCC(=O)Nc2sc3c(c2C#N)CCN(C(=O)NCCc2cccnc2)C3)c1. The van der Waals surface area contributed by atoms with Gasteiger partial charge in [-0.3, -0.25) is 9.78 Å². The topological polar surface area (TPSA) is 107 Å². The third kappa shape index (κ3) is 6.16. The van der Waals surface area contributed by atoms with Crippen LogP contribution in [-0.4, -0.2) is 42.0 Å². The van der Waals surface area contributed by atoms with E-state index in [9.17, 15) is 14.9 Å². The molecule has 2 aromatic heterocycles. The van der Waals surface area contributed by atoms with Crippen LogP contribution < -0.4 is 15.4 Å². The molecule has 2 N–H and O–H groups in total. The number of anilines is 1. The van der Waals surface area contributed by atoms with Crippen molar-refractivity contribution in [2.45, 2.75) is 32.2 Å². The molecule has 35 heavy (non-hydrogen) atoms. The van der Waals surface area contributed by atoms with E-state index >= 15 is 0 Å². The van der Waals surface area contributed by atoms with E-state index in [0.717, 1.165) is 27.3 Å². The van der Waals surface area contributed by atoms with Gasteiger partial charge in [-0.1, -0.05) is 18.2 Å². The summed E-state index contributed by atoms with van der Waals surface area (Å²) < 4.78 is 5.23. The van der Waals surface area contributed by atoms with E-state index in [1.165, 1.54) is 11.3 Å². The average Bonchev–Trinajstić information content (AvgIpc) is 3.24. The average molecular weight is 490 g/mol. The lowest BCUT2D eigenvalue weighted by molar-refractivity contribution is -0.116. The molecule has 0 aliphatic carbocycles. The van der Waals surface area contributed by atoms with Crippen molar-refractivity contribution in [1.29, 1.82) is 5.26 Å². The van der Waals surface area contributed by atoms with Crippen molar-refractivity contribution in [3.63, 3.8) is 0 Å². The Bertz CT molecular complexity index is 1240. The minimum atomic E-state index is -0.145. The lowest BCUT2D eigenvalue weighted by Gasteiger charge is -2.27. The summed E-state index contributed by atoms with van der Waals surface area (Å²) in [6, 6.07) is 13.6. The van der Waals surface area contributed by atoms with Crippen LogP contribution in [-0.2, 0) is 30.6 Å². The summed E-state index contributed by atoms with van der Waals surface area (Å²) in [6.07, 6.45) is 5.68. The predicted octanol–water partition coefficient (Wildman–Crippen LogP) is 3.91. The molecule has 0 atom stereocenters. The molecule has 0 saturated heterocycles. The summed E-state index contributed by atoms with van der Waals surface area (Å²) in [7, 11) is 1.61. The quantitative estimate of drug-likeness (QED) is 0.499. The minimum Gasteiger partial charge on any atom is -0.497 e. The van der Waals surface area contributed by atoms with Crippen LogP contribution in [0.4, 0.5) is 9.80 Å². The monoisotopic (exact) mass is 489 g/mol. The fraction of sp³-hybridized carbons (Fsp3) is 0.308. The number of fused-ring (bicyclic) bond motifs is 1. The van der Waals surface area contributed by atoms with Crippen LogP contribution in [0.2, 0.25) is 0 Å². The number of urea groups is 1. The number of aryl methyl sites for hydroxylation is 1. The predicted molar refractivity (Wildman–Crippen MR) is 134 cm³/mol. The zero-order valence-corrected chi connectivity index (χ0v) is 20.4. The number of aromatic nitrogens is 1. The smallest absolute Gasteiger partial charge is 0.317 e. The summed E-state index contributed by atoms with van der Waals surface area (Å²) >= 11 is 1.38. The molecule has 4 rings (SSSR count). The largest absolute Gasteiger partial charge is 0.497 e. The molecular formula is C26H27N5O3S. The lowest BCUT2D eigenvalue weighted by atomic mass is 10.0. The molecule has 0 unspecified atom stereocenters. The standard InChI is InChI=1S/C26H27N5O3S/c1-34-20-6-2-4-18(14-20)7-8-24(32)30-25-22(15-27)21-10-13-31(17-23(21)35-25)26(33)29-12-9-19-5-3-11-28-16-19/h2-6,11,14,16H,7-10,12-13,17H2,1H3,(H,29,33)(H,30,32). The molecular weight excluding hydrogens is 462 g/mol. The number of nitrogens with one attached hydrogen (secondary N) is 2. The fourth-order valence-electron chi connectivity index (χ4n) is 4.03. The number of rotatable bonds is 8. The van der Waals surface area contributed by atoms with E-state index in [1.807, 2.05) is 36.4 Å². The normalized spacial score (nSPS) is 12.4. The van der Waals surface area contributed by atoms with Crippen LogP contribution in [0.15, 0.2) is 48.8 Å². The number of carbonyl (C=O) groups is 2. The maximum absolute atomic E-state index is 12.7. The Morgan fingerprint density at radius 3 is 2.86 bits per heavy atom. The Morgan fingerprint density at radius 2 is 2.09 bits per heavy atom. The number of nitriles is 1. The lowest BCUT2D eigenvalue weighted by Crippen LogP contribution is -2.43. The molecule has 8 nitrogen and oxygen atoms in total. The van der Waals surface area contributed by atoms with Crippen molar-refractivity contribution in [3.8, 4) is 11.8 Å². The molecule has 1 aliphatic heterocycles. The van der Waals surface area contributed by atoms with E-state index in [1.54, 1.807) is 24.4 Å². The van der Waals surface area contributed by atoms with E-state index in [2.05, 4.69) is 21.7 Å². The van der Waals surface area contributed by atoms with E-state index < -0.39 is 0 Å². The highest BCUT2D eigenvalue weighted by molar-refractivity contribution is 7.16.